The number of anilines is 2. The molecule has 1 unspecified atom stereocenters. The number of halogens is 3. The summed E-state index contributed by atoms with van der Waals surface area (Å²) in [5, 5.41) is 5.34. The number of hydrogen-bond donors (Lipinski definition) is 2. The first-order valence-corrected chi connectivity index (χ1v) is 12.9. The predicted molar refractivity (Wildman–Crippen MR) is 147 cm³/mol. The molecule has 1 atom stereocenters. The van der Waals surface area contributed by atoms with E-state index in [-0.39, 0.29) is 34.4 Å². The molecule has 8 nitrogen and oxygen atoms in total. The van der Waals surface area contributed by atoms with Crippen LogP contribution in [0.3, 0.4) is 0 Å². The molecule has 2 N–H and O–H groups in total. The Morgan fingerprint density at radius 1 is 1.05 bits per heavy atom. The number of hydrogen-bond acceptors (Lipinski definition) is 6. The summed E-state index contributed by atoms with van der Waals surface area (Å²) < 4.78 is 33.7. The van der Waals surface area contributed by atoms with Crippen molar-refractivity contribution in [3.05, 3.63) is 89.1 Å². The molecule has 2 aromatic heterocycles. The average molecular weight is 564 g/mol. The van der Waals surface area contributed by atoms with Crippen LogP contribution in [-0.4, -0.2) is 34.1 Å². The van der Waals surface area contributed by atoms with Crippen molar-refractivity contribution >= 4 is 35.0 Å². The molecule has 2 bridgehead atoms. The monoisotopic (exact) mass is 563 g/mol. The predicted octanol–water partition coefficient (Wildman–Crippen LogP) is 6.96. The fraction of sp³-hybridized carbons (Fsp3) is 0.207. The second-order valence-corrected chi connectivity index (χ2v) is 9.65. The fourth-order valence-corrected chi connectivity index (χ4v) is 4.83. The van der Waals surface area contributed by atoms with Crippen molar-refractivity contribution in [1.82, 2.24) is 15.0 Å². The highest BCUT2D eigenvalue weighted by Crippen LogP contribution is 2.36. The number of carbonyl (C=O) groups is 2. The van der Waals surface area contributed by atoms with Gasteiger partial charge >= 0.3 is 6.09 Å². The van der Waals surface area contributed by atoms with Gasteiger partial charge in [0.25, 0.3) is 0 Å². The van der Waals surface area contributed by atoms with Crippen molar-refractivity contribution < 1.29 is 23.1 Å². The van der Waals surface area contributed by atoms with Crippen LogP contribution in [0.15, 0.2) is 61.1 Å². The lowest BCUT2D eigenvalue weighted by Gasteiger charge is -2.19. The second-order valence-electron chi connectivity index (χ2n) is 9.24. The van der Waals surface area contributed by atoms with Gasteiger partial charge < -0.3 is 10.1 Å². The Morgan fingerprint density at radius 2 is 1.90 bits per heavy atom. The Balaban J connectivity index is 1.53. The molecule has 5 rings (SSSR count). The Labute approximate surface area is 233 Å². The molecule has 0 radical (unpaired) electrons. The number of nitrogens with one attached hydrogen (secondary N) is 2. The first kappa shape index (κ1) is 27.1. The number of carbonyl (C=O) groups excluding carboxylic acids is 2. The lowest BCUT2D eigenvalue weighted by atomic mass is 9.91. The molecule has 1 aliphatic rings. The van der Waals surface area contributed by atoms with Crippen molar-refractivity contribution in [1.29, 1.82) is 0 Å². The number of rotatable bonds is 3. The topological polar surface area (TPSA) is 106 Å². The van der Waals surface area contributed by atoms with E-state index < -0.39 is 17.7 Å². The first-order chi connectivity index (χ1) is 19.3. The summed E-state index contributed by atoms with van der Waals surface area (Å²) in [5.74, 6) is -2.00. The quantitative estimate of drug-likeness (QED) is 0.261. The summed E-state index contributed by atoms with van der Waals surface area (Å²) >= 11 is 5.87. The highest BCUT2D eigenvalue weighted by atomic mass is 35.5. The van der Waals surface area contributed by atoms with E-state index >= 15 is 0 Å². The Bertz CT molecular complexity index is 1580. The molecule has 11 heteroatoms. The Morgan fingerprint density at radius 3 is 2.67 bits per heavy atom. The zero-order chi connectivity index (χ0) is 28.2. The van der Waals surface area contributed by atoms with Crippen molar-refractivity contribution in [2.45, 2.75) is 31.6 Å². The molecule has 0 fully saturated rings. The van der Waals surface area contributed by atoms with Crippen molar-refractivity contribution in [2.75, 3.05) is 17.7 Å². The van der Waals surface area contributed by atoms with Gasteiger partial charge in [0.15, 0.2) is 5.82 Å². The Hall–Kier alpha value is -4.44. The van der Waals surface area contributed by atoms with Crippen LogP contribution in [0, 0.1) is 11.6 Å². The largest absolute Gasteiger partial charge is 0.453 e. The SMILES string of the molecule is COC(=O)Nc1ccc2c(c1)NC(=O)CCCCC(c1ccc(-c3c(F)ccc(Cl)c3F)cn1)c1cc-2ncn1. The van der Waals surface area contributed by atoms with Crippen LogP contribution < -0.4 is 10.6 Å². The van der Waals surface area contributed by atoms with Gasteiger partial charge in [-0.05, 0) is 55.3 Å². The van der Waals surface area contributed by atoms with E-state index in [2.05, 4.69) is 30.3 Å². The Kier molecular flexibility index (Phi) is 7.97. The molecule has 2 amide bonds. The summed E-state index contributed by atoms with van der Waals surface area (Å²) in [6.07, 6.45) is 4.48. The number of benzene rings is 2. The third-order valence-electron chi connectivity index (χ3n) is 6.67. The number of fused-ring (bicyclic) bond motifs is 4. The number of ether oxygens (including phenoxy) is 1. The van der Waals surface area contributed by atoms with Gasteiger partial charge in [-0.15, -0.1) is 0 Å². The number of pyridine rings is 1. The fourth-order valence-electron chi connectivity index (χ4n) is 4.67. The van der Waals surface area contributed by atoms with Gasteiger partial charge in [0.2, 0.25) is 5.91 Å². The number of aromatic nitrogens is 3. The van der Waals surface area contributed by atoms with Gasteiger partial charge in [-0.25, -0.2) is 23.5 Å². The molecule has 0 saturated heterocycles. The number of nitrogens with zero attached hydrogens (tertiary/aromatic N) is 3. The summed E-state index contributed by atoms with van der Waals surface area (Å²) in [4.78, 5) is 37.9. The summed E-state index contributed by atoms with van der Waals surface area (Å²) in [6, 6.07) is 12.5. The maximum Gasteiger partial charge on any atom is 0.411 e. The summed E-state index contributed by atoms with van der Waals surface area (Å²) in [6.45, 7) is 0. The van der Waals surface area contributed by atoms with Gasteiger partial charge in [-0.2, -0.15) is 0 Å². The maximum atomic E-state index is 14.6. The van der Waals surface area contributed by atoms with Crippen molar-refractivity contribution in [3.8, 4) is 22.4 Å². The minimum atomic E-state index is -0.843. The van der Waals surface area contributed by atoms with E-state index in [0.29, 0.717) is 53.3 Å². The molecule has 4 aromatic rings. The molecule has 0 aliphatic carbocycles. The number of methoxy groups -OCH3 is 1. The van der Waals surface area contributed by atoms with E-state index in [1.54, 1.807) is 30.3 Å². The van der Waals surface area contributed by atoms with Crippen molar-refractivity contribution in [2.24, 2.45) is 0 Å². The third kappa shape index (κ3) is 5.76. The van der Waals surface area contributed by atoms with Gasteiger partial charge in [-0.1, -0.05) is 24.1 Å². The minimum Gasteiger partial charge on any atom is -0.453 e. The zero-order valence-electron chi connectivity index (χ0n) is 21.4. The first-order valence-electron chi connectivity index (χ1n) is 12.5. The van der Waals surface area contributed by atoms with Crippen LogP contribution in [0.1, 0.15) is 43.0 Å². The smallest absolute Gasteiger partial charge is 0.411 e. The molecule has 0 spiro atoms. The van der Waals surface area contributed by atoms with Crippen LogP contribution in [0.4, 0.5) is 25.0 Å². The average Bonchev–Trinajstić information content (AvgIpc) is 2.95. The van der Waals surface area contributed by atoms with E-state index in [4.69, 9.17) is 11.6 Å². The molecule has 0 saturated carbocycles. The second kappa shape index (κ2) is 11.7. The highest BCUT2D eigenvalue weighted by molar-refractivity contribution is 6.31. The molecular weight excluding hydrogens is 540 g/mol. The van der Waals surface area contributed by atoms with Gasteiger partial charge in [0.1, 0.15) is 12.1 Å². The maximum absolute atomic E-state index is 14.6. The van der Waals surface area contributed by atoms with E-state index in [9.17, 15) is 18.4 Å². The lowest BCUT2D eigenvalue weighted by Crippen LogP contribution is -2.15. The standard InChI is InChI=1S/C29H24ClF2N5O3/c1-40-29(39)36-17-7-8-19-24-13-23(34-15-35-24)18(4-2-3-5-26(38)37-25(19)12-17)22-11-6-16(14-33-22)27-21(31)10-9-20(30)28(27)32/h6-15,18H,2-5H2,1H3,(H,36,39)(H,37,38). The molecule has 1 aliphatic heterocycles. The zero-order valence-corrected chi connectivity index (χ0v) is 22.1. The molecule has 3 heterocycles. The van der Waals surface area contributed by atoms with Crippen molar-refractivity contribution in [3.63, 3.8) is 0 Å². The molecule has 204 valence electrons. The van der Waals surface area contributed by atoms with E-state index in [1.807, 2.05) is 6.07 Å². The van der Waals surface area contributed by atoms with Gasteiger partial charge in [-0.3, -0.25) is 15.1 Å². The summed E-state index contributed by atoms with van der Waals surface area (Å²) in [5.41, 5.74) is 3.53. The molecular formula is C29H24ClF2N5O3. The molecule has 2 aromatic carbocycles. The summed E-state index contributed by atoms with van der Waals surface area (Å²) in [7, 11) is 1.26. The minimum absolute atomic E-state index is 0.170. The van der Waals surface area contributed by atoms with Crippen LogP contribution in [-0.2, 0) is 9.53 Å². The molecule has 40 heavy (non-hydrogen) atoms. The number of amides is 2. The van der Waals surface area contributed by atoms with Crippen LogP contribution in [0.2, 0.25) is 5.02 Å². The highest BCUT2D eigenvalue weighted by Gasteiger charge is 2.22. The van der Waals surface area contributed by atoms with E-state index in [1.165, 1.54) is 25.7 Å². The normalized spacial score (nSPS) is 15.2. The third-order valence-corrected chi connectivity index (χ3v) is 6.96. The van der Waals surface area contributed by atoms with Gasteiger partial charge in [0.05, 0.1) is 34.8 Å². The van der Waals surface area contributed by atoms with Crippen LogP contribution in [0.25, 0.3) is 22.4 Å². The van der Waals surface area contributed by atoms with Crippen LogP contribution >= 0.6 is 11.6 Å². The van der Waals surface area contributed by atoms with Gasteiger partial charge in [0, 0.05) is 41.0 Å². The van der Waals surface area contributed by atoms with E-state index in [0.717, 1.165) is 6.07 Å². The lowest BCUT2D eigenvalue weighted by molar-refractivity contribution is -0.116. The van der Waals surface area contributed by atoms with Crippen LogP contribution in [0.5, 0.6) is 0 Å².